The van der Waals surface area contributed by atoms with Gasteiger partial charge in [0.1, 0.15) is 5.75 Å². The molecule has 1 N–H and O–H groups in total. The first-order chi connectivity index (χ1) is 15.1. The van der Waals surface area contributed by atoms with Crippen LogP contribution in [0.1, 0.15) is 49.8 Å². The normalized spacial score (nSPS) is 11.4. The van der Waals surface area contributed by atoms with Crippen LogP contribution in [0.25, 0.3) is 0 Å². The molecule has 0 fully saturated rings. The standard InChI is InChI=1S/C25H36N2O4S/c1-19(2)31-23-13-7-11-22(18-23)12-8-16-26-25(28)15-9-17-27(32(5,29)30)24-14-6-10-20(3)21(24)4/h6-7,10-11,13-14,18-19H,8-9,12,15-17H2,1-5H3,(H,26,28). The first-order valence-corrected chi connectivity index (χ1v) is 13.0. The molecule has 1 amide bonds. The van der Waals surface area contributed by atoms with Gasteiger partial charge in [0.15, 0.2) is 0 Å². The SMILES string of the molecule is Cc1cccc(N(CCCC(=O)NCCCc2cccc(OC(C)C)c2)S(C)(=O)=O)c1C. The van der Waals surface area contributed by atoms with E-state index in [2.05, 4.69) is 11.4 Å². The summed E-state index contributed by atoms with van der Waals surface area (Å²) in [5, 5.41) is 2.93. The van der Waals surface area contributed by atoms with Crippen molar-refractivity contribution in [2.75, 3.05) is 23.7 Å². The van der Waals surface area contributed by atoms with Crippen molar-refractivity contribution in [1.82, 2.24) is 5.32 Å². The van der Waals surface area contributed by atoms with Crippen LogP contribution < -0.4 is 14.4 Å². The Bertz CT molecular complexity index is 1000. The number of hydrogen-bond donors (Lipinski definition) is 1. The maximum atomic E-state index is 12.3. The fourth-order valence-corrected chi connectivity index (χ4v) is 4.52. The summed E-state index contributed by atoms with van der Waals surface area (Å²) in [6, 6.07) is 13.6. The van der Waals surface area contributed by atoms with E-state index in [4.69, 9.17) is 4.74 Å². The first-order valence-electron chi connectivity index (χ1n) is 11.1. The third kappa shape index (κ3) is 8.19. The van der Waals surface area contributed by atoms with Crippen molar-refractivity contribution in [2.24, 2.45) is 0 Å². The molecular formula is C25H36N2O4S. The Morgan fingerprint density at radius 3 is 2.50 bits per heavy atom. The monoisotopic (exact) mass is 460 g/mol. The van der Waals surface area contributed by atoms with Crippen molar-refractivity contribution < 1.29 is 17.9 Å². The molecule has 0 aliphatic heterocycles. The van der Waals surface area contributed by atoms with Crippen LogP contribution in [0, 0.1) is 13.8 Å². The second-order valence-electron chi connectivity index (χ2n) is 8.43. The van der Waals surface area contributed by atoms with Crippen molar-refractivity contribution in [2.45, 2.75) is 59.5 Å². The highest BCUT2D eigenvalue weighted by Gasteiger charge is 2.19. The minimum atomic E-state index is -3.43. The molecule has 0 saturated carbocycles. The zero-order valence-electron chi connectivity index (χ0n) is 19.8. The van der Waals surface area contributed by atoms with Gasteiger partial charge in [0.05, 0.1) is 18.0 Å². The molecule has 0 aliphatic rings. The minimum Gasteiger partial charge on any atom is -0.491 e. The molecule has 0 saturated heterocycles. The maximum Gasteiger partial charge on any atom is 0.232 e. The molecule has 0 unspecified atom stereocenters. The van der Waals surface area contributed by atoms with E-state index in [-0.39, 0.29) is 25.0 Å². The van der Waals surface area contributed by atoms with E-state index >= 15 is 0 Å². The second kappa shape index (κ2) is 11.9. The summed E-state index contributed by atoms with van der Waals surface area (Å²) in [5.74, 6) is 0.803. The molecule has 7 heteroatoms. The van der Waals surface area contributed by atoms with Crippen molar-refractivity contribution in [1.29, 1.82) is 0 Å². The van der Waals surface area contributed by atoms with Crippen LogP contribution in [0.3, 0.4) is 0 Å². The summed E-state index contributed by atoms with van der Waals surface area (Å²) >= 11 is 0. The smallest absolute Gasteiger partial charge is 0.232 e. The summed E-state index contributed by atoms with van der Waals surface area (Å²) in [4.78, 5) is 12.2. The first kappa shape index (κ1) is 25.7. The van der Waals surface area contributed by atoms with Gasteiger partial charge in [0.25, 0.3) is 0 Å². The highest BCUT2D eigenvalue weighted by molar-refractivity contribution is 7.92. The molecule has 6 nitrogen and oxygen atoms in total. The summed E-state index contributed by atoms with van der Waals surface area (Å²) in [6.45, 7) is 8.74. The van der Waals surface area contributed by atoms with E-state index in [1.54, 1.807) is 0 Å². The highest BCUT2D eigenvalue weighted by Crippen LogP contribution is 2.25. The van der Waals surface area contributed by atoms with Gasteiger partial charge in [-0.3, -0.25) is 9.10 Å². The van der Waals surface area contributed by atoms with Crippen LogP contribution in [0.5, 0.6) is 5.75 Å². The quantitative estimate of drug-likeness (QED) is 0.477. The van der Waals surface area contributed by atoms with Crippen LogP contribution >= 0.6 is 0 Å². The average Bonchev–Trinajstić information content (AvgIpc) is 2.70. The summed E-state index contributed by atoms with van der Waals surface area (Å²) in [5.41, 5.74) is 3.83. The number of ether oxygens (including phenoxy) is 1. The van der Waals surface area contributed by atoms with Gasteiger partial charge < -0.3 is 10.1 Å². The van der Waals surface area contributed by atoms with Gasteiger partial charge in [-0.1, -0.05) is 24.3 Å². The van der Waals surface area contributed by atoms with Crippen molar-refractivity contribution in [3.63, 3.8) is 0 Å². The third-order valence-electron chi connectivity index (χ3n) is 5.24. The number of nitrogens with one attached hydrogen (secondary N) is 1. The van der Waals surface area contributed by atoms with Crippen molar-refractivity contribution >= 4 is 21.6 Å². The molecule has 2 aromatic carbocycles. The molecule has 2 aromatic rings. The number of nitrogens with zero attached hydrogens (tertiary/aromatic N) is 1. The molecular weight excluding hydrogens is 424 g/mol. The Balaban J connectivity index is 1.78. The van der Waals surface area contributed by atoms with E-state index in [1.165, 1.54) is 16.1 Å². The molecule has 0 atom stereocenters. The van der Waals surface area contributed by atoms with Gasteiger partial charge in [-0.15, -0.1) is 0 Å². The molecule has 0 aromatic heterocycles. The maximum absolute atomic E-state index is 12.3. The van der Waals surface area contributed by atoms with Crippen molar-refractivity contribution in [3.8, 4) is 5.75 Å². The average molecular weight is 461 g/mol. The van der Waals surface area contributed by atoms with Gasteiger partial charge >= 0.3 is 0 Å². The zero-order chi connectivity index (χ0) is 23.7. The Hall–Kier alpha value is -2.54. The van der Waals surface area contributed by atoms with Crippen LogP contribution in [0.4, 0.5) is 5.69 Å². The number of carbonyl (C=O) groups excluding carboxylic acids is 1. The van der Waals surface area contributed by atoms with E-state index in [1.807, 2.05) is 64.1 Å². The molecule has 176 valence electrons. The Morgan fingerprint density at radius 2 is 1.81 bits per heavy atom. The van der Waals surface area contributed by atoms with Gasteiger partial charge in [-0.2, -0.15) is 0 Å². The predicted octanol–water partition coefficient (Wildman–Crippen LogP) is 4.39. The molecule has 0 spiro atoms. The Kier molecular flexibility index (Phi) is 9.57. The fraction of sp³-hybridized carbons (Fsp3) is 0.480. The largest absolute Gasteiger partial charge is 0.491 e. The summed E-state index contributed by atoms with van der Waals surface area (Å²) < 4.78 is 31.7. The minimum absolute atomic E-state index is 0.0590. The molecule has 0 heterocycles. The number of rotatable bonds is 12. The van der Waals surface area contributed by atoms with E-state index in [0.717, 1.165) is 29.7 Å². The highest BCUT2D eigenvalue weighted by atomic mass is 32.2. The number of aryl methyl sites for hydroxylation is 2. The van der Waals surface area contributed by atoms with E-state index in [0.29, 0.717) is 18.7 Å². The topological polar surface area (TPSA) is 75.7 Å². The van der Waals surface area contributed by atoms with Crippen molar-refractivity contribution in [3.05, 3.63) is 59.2 Å². The lowest BCUT2D eigenvalue weighted by Gasteiger charge is -2.24. The number of anilines is 1. The summed E-state index contributed by atoms with van der Waals surface area (Å²) in [7, 11) is -3.43. The number of carbonyl (C=O) groups is 1. The van der Waals surface area contributed by atoms with Gasteiger partial charge in [0.2, 0.25) is 15.9 Å². The molecule has 0 radical (unpaired) electrons. The predicted molar refractivity (Wildman–Crippen MR) is 131 cm³/mol. The molecule has 0 bridgehead atoms. The second-order valence-corrected chi connectivity index (χ2v) is 10.3. The Labute approximate surface area is 193 Å². The third-order valence-corrected chi connectivity index (χ3v) is 6.42. The van der Waals surface area contributed by atoms with Gasteiger partial charge in [-0.05, 0) is 81.8 Å². The summed E-state index contributed by atoms with van der Waals surface area (Å²) in [6.07, 6.45) is 3.77. The van der Waals surface area contributed by atoms with E-state index < -0.39 is 10.0 Å². The molecule has 0 aliphatic carbocycles. The number of hydrogen-bond acceptors (Lipinski definition) is 4. The zero-order valence-corrected chi connectivity index (χ0v) is 20.7. The van der Waals surface area contributed by atoms with Crippen LogP contribution in [-0.4, -0.2) is 39.8 Å². The van der Waals surface area contributed by atoms with E-state index in [9.17, 15) is 13.2 Å². The Morgan fingerprint density at radius 1 is 1.09 bits per heavy atom. The van der Waals surface area contributed by atoms with Gasteiger partial charge in [-0.25, -0.2) is 8.42 Å². The van der Waals surface area contributed by atoms with Crippen LogP contribution in [0.15, 0.2) is 42.5 Å². The lowest BCUT2D eigenvalue weighted by atomic mass is 10.1. The van der Waals surface area contributed by atoms with Crippen LogP contribution in [-0.2, 0) is 21.2 Å². The fourth-order valence-electron chi connectivity index (χ4n) is 3.51. The number of amides is 1. The number of sulfonamides is 1. The van der Waals surface area contributed by atoms with Gasteiger partial charge in [0, 0.05) is 19.5 Å². The lowest BCUT2D eigenvalue weighted by molar-refractivity contribution is -0.121. The van der Waals surface area contributed by atoms with Crippen LogP contribution in [0.2, 0.25) is 0 Å². The molecule has 2 rings (SSSR count). The number of benzene rings is 2. The molecule has 32 heavy (non-hydrogen) atoms. The lowest BCUT2D eigenvalue weighted by Crippen LogP contribution is -2.33.